The fourth-order valence-corrected chi connectivity index (χ4v) is 5.49. The van der Waals surface area contributed by atoms with Gasteiger partial charge in [0, 0.05) is 32.7 Å². The molecule has 2 N–H and O–H groups in total. The van der Waals surface area contributed by atoms with Crippen LogP contribution in [0.25, 0.3) is 0 Å². The van der Waals surface area contributed by atoms with Crippen molar-refractivity contribution >= 4 is 27.3 Å². The monoisotopic (exact) mass is 358 g/mol. The van der Waals surface area contributed by atoms with Crippen molar-refractivity contribution in [1.29, 1.82) is 0 Å². The van der Waals surface area contributed by atoms with Crippen LogP contribution in [0.5, 0.6) is 0 Å². The Morgan fingerprint density at radius 2 is 2.17 bits per heavy atom. The zero-order valence-electron chi connectivity index (χ0n) is 12.9. The Balaban J connectivity index is 1.56. The van der Waals surface area contributed by atoms with Crippen molar-refractivity contribution in [3.05, 3.63) is 17.5 Å². The van der Waals surface area contributed by atoms with E-state index >= 15 is 0 Å². The molecule has 23 heavy (non-hydrogen) atoms. The summed E-state index contributed by atoms with van der Waals surface area (Å²) in [5.41, 5.74) is 6.01. The molecule has 0 saturated carbocycles. The Morgan fingerprint density at radius 1 is 1.39 bits per heavy atom. The molecule has 1 unspecified atom stereocenters. The SMILES string of the molecule is NC(=NCC1CCN(S(=O)(=O)c2cccs2)C1)N1CCOCC1. The molecule has 128 valence electrons. The van der Waals surface area contributed by atoms with E-state index in [2.05, 4.69) is 4.99 Å². The van der Waals surface area contributed by atoms with E-state index in [9.17, 15) is 8.42 Å². The number of ether oxygens (including phenoxy) is 1. The van der Waals surface area contributed by atoms with Crippen molar-refractivity contribution in [3.63, 3.8) is 0 Å². The molecular formula is C14H22N4O3S2. The summed E-state index contributed by atoms with van der Waals surface area (Å²) in [5.74, 6) is 0.761. The van der Waals surface area contributed by atoms with Gasteiger partial charge in [-0.2, -0.15) is 4.31 Å². The highest BCUT2D eigenvalue weighted by molar-refractivity contribution is 7.91. The number of guanidine groups is 1. The van der Waals surface area contributed by atoms with Crippen LogP contribution < -0.4 is 5.73 Å². The van der Waals surface area contributed by atoms with E-state index < -0.39 is 10.0 Å². The molecule has 0 radical (unpaired) electrons. The van der Waals surface area contributed by atoms with Gasteiger partial charge in [-0.05, 0) is 23.8 Å². The first-order valence-corrected chi connectivity index (χ1v) is 10.1. The van der Waals surface area contributed by atoms with Crippen LogP contribution in [0.1, 0.15) is 6.42 Å². The lowest BCUT2D eigenvalue weighted by Crippen LogP contribution is -2.45. The number of thiophene rings is 1. The summed E-state index contributed by atoms with van der Waals surface area (Å²) in [7, 11) is -3.34. The summed E-state index contributed by atoms with van der Waals surface area (Å²) < 4.78 is 32.2. The predicted molar refractivity (Wildman–Crippen MR) is 90.1 cm³/mol. The lowest BCUT2D eigenvalue weighted by atomic mass is 10.1. The van der Waals surface area contributed by atoms with Gasteiger partial charge < -0.3 is 15.4 Å². The minimum absolute atomic E-state index is 0.226. The Bertz CT molecular complexity index is 639. The van der Waals surface area contributed by atoms with Gasteiger partial charge in [0.1, 0.15) is 4.21 Å². The molecule has 2 aliphatic heterocycles. The molecule has 2 fully saturated rings. The van der Waals surface area contributed by atoms with E-state index in [1.54, 1.807) is 21.8 Å². The normalized spacial score (nSPS) is 24.3. The van der Waals surface area contributed by atoms with Gasteiger partial charge in [0.25, 0.3) is 10.0 Å². The molecule has 0 amide bonds. The zero-order chi connectivity index (χ0) is 16.3. The molecule has 1 aromatic heterocycles. The number of nitrogens with zero attached hydrogens (tertiary/aromatic N) is 3. The first kappa shape index (κ1) is 16.7. The third-order valence-corrected chi connectivity index (χ3v) is 7.42. The molecule has 0 aliphatic carbocycles. The lowest BCUT2D eigenvalue weighted by Gasteiger charge is -2.27. The number of nitrogens with two attached hydrogens (primary N) is 1. The second-order valence-corrected chi connectivity index (χ2v) is 8.86. The van der Waals surface area contributed by atoms with Crippen LogP contribution in [0.15, 0.2) is 26.7 Å². The number of morpholine rings is 1. The van der Waals surface area contributed by atoms with Gasteiger partial charge in [-0.3, -0.25) is 4.99 Å². The third-order valence-electron chi connectivity index (χ3n) is 4.18. The van der Waals surface area contributed by atoms with Crippen LogP contribution in [0, 0.1) is 5.92 Å². The lowest BCUT2D eigenvalue weighted by molar-refractivity contribution is 0.0674. The number of sulfonamides is 1. The van der Waals surface area contributed by atoms with Crippen molar-refractivity contribution in [2.24, 2.45) is 16.6 Å². The molecule has 3 heterocycles. The van der Waals surface area contributed by atoms with Gasteiger partial charge in [-0.15, -0.1) is 11.3 Å². The molecular weight excluding hydrogens is 336 g/mol. The number of rotatable bonds is 4. The molecule has 7 nitrogen and oxygen atoms in total. The van der Waals surface area contributed by atoms with E-state index in [0.717, 1.165) is 19.5 Å². The van der Waals surface area contributed by atoms with Gasteiger partial charge in [-0.1, -0.05) is 6.07 Å². The van der Waals surface area contributed by atoms with Crippen molar-refractivity contribution in [3.8, 4) is 0 Å². The zero-order valence-corrected chi connectivity index (χ0v) is 14.6. The molecule has 0 aromatic carbocycles. The average molecular weight is 358 g/mol. The number of hydrogen-bond acceptors (Lipinski definition) is 5. The molecule has 1 aromatic rings. The van der Waals surface area contributed by atoms with Crippen molar-refractivity contribution < 1.29 is 13.2 Å². The summed E-state index contributed by atoms with van der Waals surface area (Å²) >= 11 is 1.26. The Labute approximate surface area is 140 Å². The fraction of sp³-hybridized carbons (Fsp3) is 0.643. The number of aliphatic imine (C=N–C) groups is 1. The Morgan fingerprint density at radius 3 is 2.87 bits per heavy atom. The molecule has 9 heteroatoms. The average Bonchev–Trinajstić information content (AvgIpc) is 3.25. The summed E-state index contributed by atoms with van der Waals surface area (Å²) in [6.45, 7) is 4.51. The Kier molecular flexibility index (Phi) is 5.20. The van der Waals surface area contributed by atoms with Crippen molar-refractivity contribution in [2.75, 3.05) is 45.9 Å². The summed E-state index contributed by atoms with van der Waals surface area (Å²) in [6, 6.07) is 3.42. The largest absolute Gasteiger partial charge is 0.378 e. The van der Waals surface area contributed by atoms with Gasteiger partial charge in [0.15, 0.2) is 5.96 Å². The molecule has 3 rings (SSSR count). The maximum absolute atomic E-state index is 12.5. The fourth-order valence-electron chi connectivity index (χ4n) is 2.82. The van der Waals surface area contributed by atoms with E-state index in [4.69, 9.17) is 10.5 Å². The van der Waals surface area contributed by atoms with E-state index in [1.165, 1.54) is 11.3 Å². The van der Waals surface area contributed by atoms with E-state index in [-0.39, 0.29) is 5.92 Å². The van der Waals surface area contributed by atoms with Gasteiger partial charge in [0.2, 0.25) is 0 Å². The van der Waals surface area contributed by atoms with Crippen LogP contribution in [0.4, 0.5) is 0 Å². The highest BCUT2D eigenvalue weighted by Gasteiger charge is 2.33. The van der Waals surface area contributed by atoms with Crippen molar-refractivity contribution in [2.45, 2.75) is 10.6 Å². The van der Waals surface area contributed by atoms with Crippen LogP contribution in [-0.4, -0.2) is 69.5 Å². The number of hydrogen-bond donors (Lipinski definition) is 1. The van der Waals surface area contributed by atoms with Crippen LogP contribution in [0.2, 0.25) is 0 Å². The van der Waals surface area contributed by atoms with Crippen molar-refractivity contribution in [1.82, 2.24) is 9.21 Å². The first-order chi connectivity index (χ1) is 11.1. The van der Waals surface area contributed by atoms with Crippen LogP contribution in [-0.2, 0) is 14.8 Å². The standard InChI is InChI=1S/C14H22N4O3S2/c15-14(17-5-7-21-8-6-17)16-10-12-3-4-18(11-12)23(19,20)13-2-1-9-22-13/h1-2,9,12H,3-8,10-11H2,(H2,15,16). The molecule has 1 atom stereocenters. The van der Waals surface area contributed by atoms with E-state index in [0.29, 0.717) is 43.0 Å². The summed E-state index contributed by atoms with van der Waals surface area (Å²) in [4.78, 5) is 6.47. The maximum atomic E-state index is 12.5. The molecule has 2 aliphatic rings. The summed E-state index contributed by atoms with van der Waals surface area (Å²) in [6.07, 6.45) is 0.824. The molecule has 0 spiro atoms. The summed E-state index contributed by atoms with van der Waals surface area (Å²) in [5, 5.41) is 1.79. The van der Waals surface area contributed by atoms with Gasteiger partial charge >= 0.3 is 0 Å². The second kappa shape index (κ2) is 7.16. The molecule has 2 saturated heterocycles. The topological polar surface area (TPSA) is 88.2 Å². The highest BCUT2D eigenvalue weighted by Crippen LogP contribution is 2.27. The maximum Gasteiger partial charge on any atom is 0.252 e. The van der Waals surface area contributed by atoms with Gasteiger partial charge in [0.05, 0.1) is 13.2 Å². The Hall–Kier alpha value is -1.16. The minimum Gasteiger partial charge on any atom is -0.378 e. The van der Waals surface area contributed by atoms with Crippen LogP contribution in [0.3, 0.4) is 0 Å². The predicted octanol–water partition coefficient (Wildman–Crippen LogP) is 0.406. The first-order valence-electron chi connectivity index (χ1n) is 7.73. The van der Waals surface area contributed by atoms with E-state index in [1.807, 2.05) is 4.90 Å². The molecule has 0 bridgehead atoms. The van der Waals surface area contributed by atoms with Gasteiger partial charge in [-0.25, -0.2) is 8.42 Å². The van der Waals surface area contributed by atoms with Crippen LogP contribution >= 0.6 is 11.3 Å². The third kappa shape index (κ3) is 3.85. The highest BCUT2D eigenvalue weighted by atomic mass is 32.2. The second-order valence-electron chi connectivity index (χ2n) is 5.75. The minimum atomic E-state index is -3.34. The quantitative estimate of drug-likeness (QED) is 0.622. The smallest absolute Gasteiger partial charge is 0.252 e.